The molecule has 0 aliphatic carbocycles. The number of nitrogens with two attached hydrogens (primary N) is 1. The van der Waals surface area contributed by atoms with Crippen LogP contribution in [0.5, 0.6) is 0 Å². The zero-order valence-electron chi connectivity index (χ0n) is 10.9. The molecule has 0 radical (unpaired) electrons. The minimum atomic E-state index is -0.813. The molecule has 6 heteroatoms. The molecule has 1 saturated heterocycles. The highest BCUT2D eigenvalue weighted by molar-refractivity contribution is 8.13. The molecule has 0 saturated carbocycles. The summed E-state index contributed by atoms with van der Waals surface area (Å²) in [7, 11) is 0. The van der Waals surface area contributed by atoms with Crippen LogP contribution in [0.1, 0.15) is 12.0 Å². The van der Waals surface area contributed by atoms with Gasteiger partial charge < -0.3 is 10.5 Å². The highest BCUT2D eigenvalue weighted by Gasteiger charge is 2.49. The first-order valence-electron chi connectivity index (χ1n) is 6.56. The number of hydrogen-bond donors (Lipinski definition) is 1. The van der Waals surface area contributed by atoms with Gasteiger partial charge in [0.1, 0.15) is 18.0 Å². The molecular weight excluding hydrogens is 282 g/mol. The highest BCUT2D eigenvalue weighted by Crippen LogP contribution is 2.46. The van der Waals surface area contributed by atoms with Crippen LogP contribution in [-0.4, -0.2) is 30.3 Å². The molecule has 3 rings (SSSR count). The largest absolute Gasteiger partial charge is 0.379 e. The van der Waals surface area contributed by atoms with E-state index in [1.807, 2.05) is 0 Å². The molecule has 3 atom stereocenters. The number of ether oxygens (including phenoxy) is 1. The summed E-state index contributed by atoms with van der Waals surface area (Å²) in [4.78, 5) is 4.51. The second kappa shape index (κ2) is 5.33. The Hall–Kier alpha value is -1.14. The van der Waals surface area contributed by atoms with E-state index in [-0.39, 0.29) is 18.3 Å². The Morgan fingerprint density at radius 3 is 3.00 bits per heavy atom. The third-order valence-electron chi connectivity index (χ3n) is 4.02. The lowest BCUT2D eigenvalue weighted by atomic mass is 9.75. The molecule has 1 fully saturated rings. The average molecular weight is 298 g/mol. The summed E-state index contributed by atoms with van der Waals surface area (Å²) < 4.78 is 32.6. The molecule has 2 N–H and O–H groups in total. The van der Waals surface area contributed by atoms with E-state index in [9.17, 15) is 8.78 Å². The molecule has 2 aliphatic heterocycles. The Labute approximate surface area is 120 Å². The number of hydrogen-bond acceptors (Lipinski definition) is 4. The fourth-order valence-electron chi connectivity index (χ4n) is 2.97. The van der Waals surface area contributed by atoms with Gasteiger partial charge in [0.25, 0.3) is 0 Å². The normalized spacial score (nSPS) is 33.4. The van der Waals surface area contributed by atoms with Crippen molar-refractivity contribution in [2.75, 3.05) is 19.0 Å². The number of alkyl halides is 1. The van der Waals surface area contributed by atoms with Crippen LogP contribution < -0.4 is 5.73 Å². The van der Waals surface area contributed by atoms with E-state index in [2.05, 4.69) is 4.99 Å². The van der Waals surface area contributed by atoms with E-state index in [1.165, 1.54) is 17.8 Å². The third-order valence-corrected chi connectivity index (χ3v) is 4.97. The van der Waals surface area contributed by atoms with Crippen LogP contribution in [0.25, 0.3) is 0 Å². The lowest BCUT2D eigenvalue weighted by molar-refractivity contribution is -0.0652. The molecule has 1 aromatic carbocycles. The lowest BCUT2D eigenvalue weighted by Crippen LogP contribution is -2.50. The van der Waals surface area contributed by atoms with Gasteiger partial charge in [0.05, 0.1) is 12.7 Å². The van der Waals surface area contributed by atoms with Crippen LogP contribution in [0.15, 0.2) is 29.3 Å². The Balaban J connectivity index is 2.06. The number of halogens is 2. The first-order valence-corrected chi connectivity index (χ1v) is 7.55. The van der Waals surface area contributed by atoms with Crippen molar-refractivity contribution in [2.45, 2.75) is 18.1 Å². The maximum Gasteiger partial charge on any atom is 0.154 e. The summed E-state index contributed by atoms with van der Waals surface area (Å²) in [6, 6.07) is 6.55. The van der Waals surface area contributed by atoms with Crippen LogP contribution in [-0.2, 0) is 10.3 Å². The van der Waals surface area contributed by atoms with Crippen LogP contribution >= 0.6 is 11.8 Å². The maximum absolute atomic E-state index is 14.2. The van der Waals surface area contributed by atoms with Gasteiger partial charge in [-0.1, -0.05) is 30.0 Å². The third kappa shape index (κ3) is 2.20. The standard InChI is InChI=1S/C14H16F2N2OS/c15-6-10-5-9-7-20-13(17)18-14(9,8-19-10)11-3-1-2-4-12(11)16/h1-4,9-10H,5-8H2,(H2,17,18)/t9-,10+,14-/m0/s1. The van der Waals surface area contributed by atoms with Crippen molar-refractivity contribution >= 4 is 16.9 Å². The quantitative estimate of drug-likeness (QED) is 0.912. The molecule has 0 spiro atoms. The number of benzene rings is 1. The van der Waals surface area contributed by atoms with Gasteiger partial charge in [0, 0.05) is 17.2 Å². The first-order chi connectivity index (χ1) is 9.65. The average Bonchev–Trinajstić information content (AvgIpc) is 2.47. The minimum absolute atomic E-state index is 0.0335. The van der Waals surface area contributed by atoms with Crippen molar-refractivity contribution in [1.82, 2.24) is 0 Å². The van der Waals surface area contributed by atoms with Crippen molar-refractivity contribution in [3.63, 3.8) is 0 Å². The SMILES string of the molecule is NC1=N[C@@]2(c3ccccc3F)CO[C@@H](CF)C[C@H]2CS1. The molecule has 0 amide bonds. The number of thioether (sulfide) groups is 1. The summed E-state index contributed by atoms with van der Waals surface area (Å²) in [6.45, 7) is -0.345. The van der Waals surface area contributed by atoms with Gasteiger partial charge in [-0.2, -0.15) is 0 Å². The maximum atomic E-state index is 14.2. The molecule has 1 aromatic rings. The van der Waals surface area contributed by atoms with Crippen molar-refractivity contribution in [3.05, 3.63) is 35.6 Å². The van der Waals surface area contributed by atoms with Crippen molar-refractivity contribution in [3.8, 4) is 0 Å². The monoisotopic (exact) mass is 298 g/mol. The van der Waals surface area contributed by atoms with Crippen LogP contribution in [0.4, 0.5) is 8.78 Å². The molecule has 20 heavy (non-hydrogen) atoms. The summed E-state index contributed by atoms with van der Waals surface area (Å²) in [6.07, 6.45) is 0.115. The van der Waals surface area contributed by atoms with Gasteiger partial charge >= 0.3 is 0 Å². The molecule has 0 unspecified atom stereocenters. The van der Waals surface area contributed by atoms with Crippen molar-refractivity contribution in [1.29, 1.82) is 0 Å². The van der Waals surface area contributed by atoms with Crippen LogP contribution in [0, 0.1) is 11.7 Å². The summed E-state index contributed by atoms with van der Waals surface area (Å²) >= 11 is 1.44. The Kier molecular flexibility index (Phi) is 3.69. The smallest absolute Gasteiger partial charge is 0.154 e. The van der Waals surface area contributed by atoms with E-state index in [1.54, 1.807) is 18.2 Å². The number of aliphatic imine (C=N–C) groups is 1. The second-order valence-corrected chi connectivity index (χ2v) is 6.23. The lowest BCUT2D eigenvalue weighted by Gasteiger charge is -2.45. The highest BCUT2D eigenvalue weighted by atomic mass is 32.2. The molecular formula is C14H16F2N2OS. The van der Waals surface area contributed by atoms with Gasteiger partial charge in [0.15, 0.2) is 5.17 Å². The first kappa shape index (κ1) is 13.8. The van der Waals surface area contributed by atoms with Gasteiger partial charge in [-0.3, -0.25) is 0 Å². The fraction of sp³-hybridized carbons (Fsp3) is 0.500. The second-order valence-electron chi connectivity index (χ2n) is 5.19. The number of fused-ring (bicyclic) bond motifs is 1. The number of rotatable bonds is 2. The molecule has 0 aromatic heterocycles. The van der Waals surface area contributed by atoms with E-state index in [0.717, 1.165) is 0 Å². The van der Waals surface area contributed by atoms with Crippen LogP contribution in [0.3, 0.4) is 0 Å². The predicted molar refractivity (Wildman–Crippen MR) is 76.0 cm³/mol. The zero-order valence-corrected chi connectivity index (χ0v) is 11.7. The molecule has 3 nitrogen and oxygen atoms in total. The Bertz CT molecular complexity index is 540. The van der Waals surface area contributed by atoms with Gasteiger partial charge in [-0.25, -0.2) is 13.8 Å². The molecule has 2 aliphatic rings. The predicted octanol–water partition coefficient (Wildman–Crippen LogP) is 2.46. The van der Waals surface area contributed by atoms with Gasteiger partial charge in [-0.15, -0.1) is 0 Å². The molecule has 2 heterocycles. The molecule has 0 bridgehead atoms. The fourth-order valence-corrected chi connectivity index (χ4v) is 3.98. The van der Waals surface area contributed by atoms with E-state index < -0.39 is 18.3 Å². The number of nitrogens with zero attached hydrogens (tertiary/aromatic N) is 1. The summed E-state index contributed by atoms with van der Waals surface area (Å²) in [5.74, 6) is 0.429. The van der Waals surface area contributed by atoms with E-state index in [4.69, 9.17) is 10.5 Å². The topological polar surface area (TPSA) is 47.6 Å². The number of amidine groups is 1. The summed E-state index contributed by atoms with van der Waals surface area (Å²) in [5.41, 5.74) is 5.52. The minimum Gasteiger partial charge on any atom is -0.379 e. The summed E-state index contributed by atoms with van der Waals surface area (Å²) in [5, 5.41) is 0.437. The van der Waals surface area contributed by atoms with E-state index >= 15 is 0 Å². The van der Waals surface area contributed by atoms with Crippen molar-refractivity contribution in [2.24, 2.45) is 16.6 Å². The Morgan fingerprint density at radius 1 is 1.45 bits per heavy atom. The molecule has 108 valence electrons. The Morgan fingerprint density at radius 2 is 2.25 bits per heavy atom. The van der Waals surface area contributed by atoms with E-state index in [0.29, 0.717) is 22.9 Å². The van der Waals surface area contributed by atoms with Crippen LogP contribution in [0.2, 0.25) is 0 Å². The zero-order chi connectivity index (χ0) is 14.2. The van der Waals surface area contributed by atoms with Crippen molar-refractivity contribution < 1.29 is 13.5 Å². The van der Waals surface area contributed by atoms with Gasteiger partial charge in [-0.05, 0) is 12.5 Å². The van der Waals surface area contributed by atoms with Gasteiger partial charge in [0.2, 0.25) is 0 Å².